The standard InChI is InChI=1S/C15H17N3O2/c1-10-8-12(11(2)18(10)3)9-16-17-15(20)13-6-4-5-7-14(13)19/h4-9,19H,1-3H3,(H,17,20)/b16-9+. The van der Waals surface area contributed by atoms with Gasteiger partial charge in [-0.1, -0.05) is 12.1 Å². The Labute approximate surface area is 117 Å². The van der Waals surface area contributed by atoms with Gasteiger partial charge in [0.1, 0.15) is 5.75 Å². The summed E-state index contributed by atoms with van der Waals surface area (Å²) < 4.78 is 2.05. The minimum Gasteiger partial charge on any atom is -0.507 e. The number of hydrazone groups is 1. The number of phenols is 1. The second-order valence-electron chi connectivity index (χ2n) is 4.60. The zero-order chi connectivity index (χ0) is 14.7. The zero-order valence-corrected chi connectivity index (χ0v) is 11.7. The van der Waals surface area contributed by atoms with Gasteiger partial charge >= 0.3 is 0 Å². The Kier molecular flexibility index (Phi) is 3.89. The van der Waals surface area contributed by atoms with E-state index in [2.05, 4.69) is 10.5 Å². The number of aryl methyl sites for hydroxylation is 1. The zero-order valence-electron chi connectivity index (χ0n) is 11.7. The topological polar surface area (TPSA) is 66.6 Å². The third-order valence-electron chi connectivity index (χ3n) is 3.33. The lowest BCUT2D eigenvalue weighted by atomic mass is 10.2. The largest absolute Gasteiger partial charge is 0.507 e. The van der Waals surface area contributed by atoms with Gasteiger partial charge in [-0.15, -0.1) is 0 Å². The lowest BCUT2D eigenvalue weighted by molar-refractivity contribution is 0.0952. The fraction of sp³-hybridized carbons (Fsp3) is 0.200. The molecule has 0 aliphatic rings. The molecule has 0 atom stereocenters. The van der Waals surface area contributed by atoms with Gasteiger partial charge in [0.05, 0.1) is 11.8 Å². The SMILES string of the molecule is Cc1cc(/C=N/NC(=O)c2ccccc2O)c(C)n1C. The maximum absolute atomic E-state index is 11.8. The molecule has 0 radical (unpaired) electrons. The summed E-state index contributed by atoms with van der Waals surface area (Å²) in [6.45, 7) is 3.99. The first-order valence-electron chi connectivity index (χ1n) is 6.25. The molecule has 2 aromatic rings. The van der Waals surface area contributed by atoms with Crippen LogP contribution >= 0.6 is 0 Å². The molecule has 5 heteroatoms. The molecule has 0 aliphatic carbocycles. The van der Waals surface area contributed by atoms with Gasteiger partial charge in [0.2, 0.25) is 0 Å². The van der Waals surface area contributed by atoms with Crippen LogP contribution in [0.25, 0.3) is 0 Å². The number of aromatic hydroxyl groups is 1. The van der Waals surface area contributed by atoms with Gasteiger partial charge in [0.25, 0.3) is 5.91 Å². The van der Waals surface area contributed by atoms with Gasteiger partial charge in [-0.2, -0.15) is 5.10 Å². The highest BCUT2D eigenvalue weighted by atomic mass is 16.3. The molecular weight excluding hydrogens is 254 g/mol. The minimum absolute atomic E-state index is 0.0630. The summed E-state index contributed by atoms with van der Waals surface area (Å²) >= 11 is 0. The van der Waals surface area contributed by atoms with Crippen molar-refractivity contribution in [2.75, 3.05) is 0 Å². The Morgan fingerprint density at radius 3 is 2.65 bits per heavy atom. The third-order valence-corrected chi connectivity index (χ3v) is 3.33. The van der Waals surface area contributed by atoms with E-state index < -0.39 is 5.91 Å². The average molecular weight is 271 g/mol. The lowest BCUT2D eigenvalue weighted by Crippen LogP contribution is -2.17. The van der Waals surface area contributed by atoms with Gasteiger partial charge in [0.15, 0.2) is 0 Å². The number of aromatic nitrogens is 1. The van der Waals surface area contributed by atoms with Crippen LogP contribution in [0, 0.1) is 13.8 Å². The predicted octanol–water partition coefficient (Wildman–Crippen LogP) is 2.11. The fourth-order valence-corrected chi connectivity index (χ4v) is 1.90. The van der Waals surface area contributed by atoms with Crippen LogP contribution in [0.2, 0.25) is 0 Å². The van der Waals surface area contributed by atoms with Crippen LogP contribution < -0.4 is 5.43 Å². The number of carbonyl (C=O) groups excluding carboxylic acids is 1. The van der Waals surface area contributed by atoms with Crippen LogP contribution in [-0.4, -0.2) is 21.8 Å². The average Bonchev–Trinajstić information content (AvgIpc) is 2.67. The number of nitrogens with zero attached hydrogens (tertiary/aromatic N) is 2. The highest BCUT2D eigenvalue weighted by Gasteiger charge is 2.09. The van der Waals surface area contributed by atoms with E-state index in [1.165, 1.54) is 12.1 Å². The number of hydrogen-bond acceptors (Lipinski definition) is 3. The molecule has 2 rings (SSSR count). The number of carbonyl (C=O) groups is 1. The molecule has 104 valence electrons. The second-order valence-corrected chi connectivity index (χ2v) is 4.60. The molecular formula is C15H17N3O2. The van der Waals surface area contributed by atoms with Crippen molar-refractivity contribution in [3.8, 4) is 5.75 Å². The summed E-state index contributed by atoms with van der Waals surface area (Å²) in [5, 5.41) is 13.5. The molecule has 2 N–H and O–H groups in total. The molecule has 0 spiro atoms. The van der Waals surface area contributed by atoms with Crippen LogP contribution in [0.4, 0.5) is 0 Å². The van der Waals surface area contributed by atoms with E-state index in [0.29, 0.717) is 0 Å². The molecule has 0 saturated carbocycles. The highest BCUT2D eigenvalue weighted by molar-refractivity contribution is 5.97. The number of amides is 1. The van der Waals surface area contributed by atoms with E-state index >= 15 is 0 Å². The van der Waals surface area contributed by atoms with E-state index in [4.69, 9.17) is 0 Å². The van der Waals surface area contributed by atoms with Crippen molar-refractivity contribution >= 4 is 12.1 Å². The van der Waals surface area contributed by atoms with Crippen LogP contribution in [0.15, 0.2) is 35.4 Å². The predicted molar refractivity (Wildman–Crippen MR) is 78.1 cm³/mol. The molecule has 1 amide bonds. The second kappa shape index (κ2) is 5.61. The molecule has 20 heavy (non-hydrogen) atoms. The van der Waals surface area contributed by atoms with Gasteiger partial charge in [0, 0.05) is 24.0 Å². The van der Waals surface area contributed by atoms with E-state index in [1.54, 1.807) is 18.3 Å². The molecule has 1 aromatic carbocycles. The molecule has 1 aromatic heterocycles. The van der Waals surface area contributed by atoms with Crippen LogP contribution in [0.1, 0.15) is 27.3 Å². The molecule has 0 saturated heterocycles. The fourth-order valence-electron chi connectivity index (χ4n) is 1.90. The number of para-hydroxylation sites is 1. The summed E-state index contributed by atoms with van der Waals surface area (Å²) in [5.41, 5.74) is 5.75. The minimum atomic E-state index is -0.440. The Morgan fingerprint density at radius 1 is 1.35 bits per heavy atom. The molecule has 0 aliphatic heterocycles. The molecule has 0 bridgehead atoms. The van der Waals surface area contributed by atoms with Gasteiger partial charge in [-0.25, -0.2) is 5.43 Å². The van der Waals surface area contributed by atoms with E-state index in [-0.39, 0.29) is 11.3 Å². The first-order valence-corrected chi connectivity index (χ1v) is 6.25. The number of phenolic OH excluding ortho intramolecular Hbond substituents is 1. The van der Waals surface area contributed by atoms with Crippen molar-refractivity contribution in [1.29, 1.82) is 0 Å². The number of rotatable bonds is 3. The maximum Gasteiger partial charge on any atom is 0.275 e. The normalized spacial score (nSPS) is 10.9. The van der Waals surface area contributed by atoms with E-state index in [9.17, 15) is 9.90 Å². The van der Waals surface area contributed by atoms with Crippen molar-refractivity contribution in [3.05, 3.63) is 52.8 Å². The van der Waals surface area contributed by atoms with Crippen LogP contribution in [0.3, 0.4) is 0 Å². The molecule has 5 nitrogen and oxygen atoms in total. The number of benzene rings is 1. The maximum atomic E-state index is 11.8. The lowest BCUT2D eigenvalue weighted by Gasteiger charge is -2.02. The smallest absolute Gasteiger partial charge is 0.275 e. The van der Waals surface area contributed by atoms with Gasteiger partial charge < -0.3 is 9.67 Å². The van der Waals surface area contributed by atoms with Crippen LogP contribution in [-0.2, 0) is 7.05 Å². The summed E-state index contributed by atoms with van der Waals surface area (Å²) in [6, 6.07) is 8.33. The number of nitrogens with one attached hydrogen (secondary N) is 1. The third kappa shape index (κ3) is 2.71. The van der Waals surface area contributed by atoms with Gasteiger partial charge in [-0.3, -0.25) is 4.79 Å². The molecule has 0 fully saturated rings. The highest BCUT2D eigenvalue weighted by Crippen LogP contribution is 2.15. The van der Waals surface area contributed by atoms with E-state index in [1.807, 2.05) is 31.5 Å². The Balaban J connectivity index is 2.09. The van der Waals surface area contributed by atoms with Crippen LogP contribution in [0.5, 0.6) is 5.75 Å². The van der Waals surface area contributed by atoms with Crippen molar-refractivity contribution in [2.24, 2.45) is 12.1 Å². The van der Waals surface area contributed by atoms with E-state index in [0.717, 1.165) is 17.0 Å². The monoisotopic (exact) mass is 271 g/mol. The first kappa shape index (κ1) is 13.9. The quantitative estimate of drug-likeness (QED) is 0.663. The summed E-state index contributed by atoms with van der Waals surface area (Å²) in [4.78, 5) is 11.8. The molecule has 1 heterocycles. The Hall–Kier alpha value is -2.56. The molecule has 0 unspecified atom stereocenters. The first-order chi connectivity index (χ1) is 9.50. The Morgan fingerprint density at radius 2 is 2.05 bits per heavy atom. The summed E-state index contributed by atoms with van der Waals surface area (Å²) in [6.07, 6.45) is 1.60. The Bertz CT molecular complexity index is 672. The van der Waals surface area contributed by atoms with Crippen molar-refractivity contribution in [3.63, 3.8) is 0 Å². The van der Waals surface area contributed by atoms with Crippen molar-refractivity contribution in [1.82, 2.24) is 9.99 Å². The number of hydrogen-bond donors (Lipinski definition) is 2. The van der Waals surface area contributed by atoms with Crippen molar-refractivity contribution < 1.29 is 9.90 Å². The van der Waals surface area contributed by atoms with Gasteiger partial charge in [-0.05, 0) is 32.0 Å². The summed E-state index contributed by atoms with van der Waals surface area (Å²) in [5.74, 6) is -0.503. The van der Waals surface area contributed by atoms with Crippen molar-refractivity contribution in [2.45, 2.75) is 13.8 Å². The summed E-state index contributed by atoms with van der Waals surface area (Å²) in [7, 11) is 1.97.